The number of aryl methyl sites for hydroxylation is 1. The molecule has 0 atom stereocenters. The fourth-order valence-electron chi connectivity index (χ4n) is 2.40. The molecule has 112 valence electrons. The Hall–Kier alpha value is -2.75. The Morgan fingerprint density at radius 1 is 1.14 bits per heavy atom. The highest BCUT2D eigenvalue weighted by molar-refractivity contribution is 5.90. The van der Waals surface area contributed by atoms with Gasteiger partial charge >= 0.3 is 5.97 Å². The van der Waals surface area contributed by atoms with Crippen molar-refractivity contribution in [1.82, 2.24) is 0 Å². The van der Waals surface area contributed by atoms with Crippen molar-refractivity contribution in [3.05, 3.63) is 65.6 Å². The number of carbonyl (C=O) groups excluding carboxylic acids is 1. The first kappa shape index (κ1) is 14.2. The molecule has 0 aliphatic heterocycles. The average Bonchev–Trinajstić information content (AvgIpc) is 2.93. The van der Waals surface area contributed by atoms with Crippen LogP contribution in [0.3, 0.4) is 0 Å². The highest BCUT2D eigenvalue weighted by Crippen LogP contribution is 2.26. The zero-order chi connectivity index (χ0) is 15.5. The van der Waals surface area contributed by atoms with Crippen LogP contribution < -0.4 is 4.74 Å². The lowest BCUT2D eigenvalue weighted by atomic mass is 10.1. The van der Waals surface area contributed by atoms with E-state index in [1.165, 1.54) is 7.11 Å². The van der Waals surface area contributed by atoms with Crippen molar-refractivity contribution in [3.8, 4) is 5.75 Å². The first-order chi connectivity index (χ1) is 10.7. The van der Waals surface area contributed by atoms with Gasteiger partial charge in [0.1, 0.15) is 29.4 Å². The number of methoxy groups -OCH3 is 1. The highest BCUT2D eigenvalue weighted by atomic mass is 16.5. The van der Waals surface area contributed by atoms with Gasteiger partial charge < -0.3 is 13.9 Å². The van der Waals surface area contributed by atoms with Gasteiger partial charge in [0.25, 0.3) is 0 Å². The summed E-state index contributed by atoms with van der Waals surface area (Å²) in [4.78, 5) is 11.6. The molecule has 3 rings (SSSR count). The van der Waals surface area contributed by atoms with E-state index in [2.05, 4.69) is 0 Å². The van der Waals surface area contributed by atoms with Gasteiger partial charge in [0.15, 0.2) is 0 Å². The van der Waals surface area contributed by atoms with Gasteiger partial charge in [-0.1, -0.05) is 36.4 Å². The molecule has 0 spiro atoms. The summed E-state index contributed by atoms with van der Waals surface area (Å²) in [6.07, 6.45) is 0. The maximum Gasteiger partial charge on any atom is 0.341 e. The Kier molecular flexibility index (Phi) is 3.83. The minimum Gasteiger partial charge on any atom is -0.485 e. The maximum absolute atomic E-state index is 11.6. The van der Waals surface area contributed by atoms with Crippen LogP contribution in [0.15, 0.2) is 52.9 Å². The van der Waals surface area contributed by atoms with Crippen molar-refractivity contribution >= 4 is 16.7 Å². The lowest BCUT2D eigenvalue weighted by molar-refractivity contribution is 0.0599. The van der Waals surface area contributed by atoms with Crippen molar-refractivity contribution in [2.24, 2.45) is 0 Å². The number of carbonyl (C=O) groups is 1. The fraction of sp³-hybridized carbons (Fsp3) is 0.167. The molecule has 0 unspecified atom stereocenters. The largest absolute Gasteiger partial charge is 0.485 e. The molecule has 3 aromatic rings. The summed E-state index contributed by atoms with van der Waals surface area (Å²) < 4.78 is 16.1. The molecule has 0 saturated heterocycles. The summed E-state index contributed by atoms with van der Waals surface area (Å²) in [6, 6.07) is 15.6. The quantitative estimate of drug-likeness (QED) is 0.680. The predicted molar refractivity (Wildman–Crippen MR) is 83.1 cm³/mol. The fourth-order valence-corrected chi connectivity index (χ4v) is 2.40. The van der Waals surface area contributed by atoms with E-state index in [4.69, 9.17) is 13.9 Å². The topological polar surface area (TPSA) is 48.7 Å². The van der Waals surface area contributed by atoms with Gasteiger partial charge in [-0.05, 0) is 24.4 Å². The van der Waals surface area contributed by atoms with E-state index in [1.54, 1.807) is 13.0 Å². The van der Waals surface area contributed by atoms with E-state index in [0.29, 0.717) is 17.1 Å². The van der Waals surface area contributed by atoms with Crippen LogP contribution in [0.1, 0.15) is 21.9 Å². The Labute approximate surface area is 128 Å². The Morgan fingerprint density at radius 2 is 1.91 bits per heavy atom. The first-order valence-corrected chi connectivity index (χ1v) is 6.97. The number of esters is 1. The third kappa shape index (κ3) is 2.68. The smallest absolute Gasteiger partial charge is 0.341 e. The molecule has 1 aromatic heterocycles. The lowest BCUT2D eigenvalue weighted by Crippen LogP contribution is -2.00. The molecular formula is C18H16O4. The van der Waals surface area contributed by atoms with Gasteiger partial charge in [0, 0.05) is 5.39 Å². The molecule has 0 saturated carbocycles. The van der Waals surface area contributed by atoms with E-state index in [-0.39, 0.29) is 6.61 Å². The minimum absolute atomic E-state index is 0.256. The molecule has 4 nitrogen and oxygen atoms in total. The Balaban J connectivity index is 1.81. The molecule has 0 radical (unpaired) electrons. The van der Waals surface area contributed by atoms with Gasteiger partial charge in [0.2, 0.25) is 0 Å². The van der Waals surface area contributed by atoms with Crippen LogP contribution in [0.4, 0.5) is 0 Å². The van der Waals surface area contributed by atoms with E-state index in [1.807, 2.05) is 42.5 Å². The number of fused-ring (bicyclic) bond motifs is 1. The summed E-state index contributed by atoms with van der Waals surface area (Å²) in [7, 11) is 1.35. The van der Waals surface area contributed by atoms with Crippen molar-refractivity contribution in [1.29, 1.82) is 0 Å². The van der Waals surface area contributed by atoms with Crippen LogP contribution in [0.25, 0.3) is 10.8 Å². The number of furan rings is 1. The van der Waals surface area contributed by atoms with Crippen molar-refractivity contribution in [2.45, 2.75) is 13.5 Å². The average molecular weight is 296 g/mol. The van der Waals surface area contributed by atoms with E-state index >= 15 is 0 Å². The molecule has 0 N–H and O–H groups in total. The van der Waals surface area contributed by atoms with Crippen molar-refractivity contribution in [3.63, 3.8) is 0 Å². The Morgan fingerprint density at radius 3 is 2.73 bits per heavy atom. The molecule has 0 bridgehead atoms. The van der Waals surface area contributed by atoms with Gasteiger partial charge in [-0.15, -0.1) is 0 Å². The second-order valence-electron chi connectivity index (χ2n) is 4.94. The van der Waals surface area contributed by atoms with Gasteiger partial charge in [0.05, 0.1) is 7.11 Å². The standard InChI is InChI=1S/C18H16O4/c1-12-16(18(19)20-2)10-14(22-12)11-21-17-9-5-7-13-6-3-4-8-15(13)17/h3-10H,11H2,1-2H3. The van der Waals surface area contributed by atoms with E-state index < -0.39 is 5.97 Å². The highest BCUT2D eigenvalue weighted by Gasteiger charge is 2.15. The van der Waals surface area contributed by atoms with Gasteiger partial charge in [-0.25, -0.2) is 4.79 Å². The summed E-state index contributed by atoms with van der Waals surface area (Å²) in [5, 5.41) is 2.16. The molecular weight excluding hydrogens is 280 g/mol. The number of benzene rings is 2. The third-order valence-electron chi connectivity index (χ3n) is 3.49. The molecule has 1 heterocycles. The second kappa shape index (κ2) is 5.93. The number of ether oxygens (including phenoxy) is 2. The molecule has 0 fully saturated rings. The van der Waals surface area contributed by atoms with Gasteiger partial charge in [-0.3, -0.25) is 0 Å². The zero-order valence-corrected chi connectivity index (χ0v) is 12.5. The van der Waals surface area contributed by atoms with Crippen molar-refractivity contribution in [2.75, 3.05) is 7.11 Å². The first-order valence-electron chi connectivity index (χ1n) is 6.97. The minimum atomic E-state index is -0.405. The van der Waals surface area contributed by atoms with Gasteiger partial charge in [-0.2, -0.15) is 0 Å². The van der Waals surface area contributed by atoms with Crippen molar-refractivity contribution < 1.29 is 18.7 Å². The normalized spacial score (nSPS) is 10.6. The predicted octanol–water partition coefficient (Wildman–Crippen LogP) is 4.11. The molecule has 0 amide bonds. The molecule has 22 heavy (non-hydrogen) atoms. The molecule has 2 aromatic carbocycles. The van der Waals surface area contributed by atoms with Crippen LogP contribution in [-0.2, 0) is 11.3 Å². The third-order valence-corrected chi connectivity index (χ3v) is 3.49. The van der Waals surface area contributed by atoms with Crippen LogP contribution >= 0.6 is 0 Å². The number of hydrogen-bond donors (Lipinski definition) is 0. The number of hydrogen-bond acceptors (Lipinski definition) is 4. The summed E-state index contributed by atoms with van der Waals surface area (Å²) in [5.41, 5.74) is 0.430. The summed E-state index contributed by atoms with van der Waals surface area (Å²) in [5.74, 6) is 1.50. The molecule has 0 aliphatic rings. The van der Waals surface area contributed by atoms with Crippen LogP contribution in [0.5, 0.6) is 5.75 Å². The zero-order valence-electron chi connectivity index (χ0n) is 12.5. The lowest BCUT2D eigenvalue weighted by Gasteiger charge is -2.07. The molecule has 0 aliphatic carbocycles. The maximum atomic E-state index is 11.6. The summed E-state index contributed by atoms with van der Waals surface area (Å²) >= 11 is 0. The monoisotopic (exact) mass is 296 g/mol. The van der Waals surface area contributed by atoms with Crippen LogP contribution in [-0.4, -0.2) is 13.1 Å². The second-order valence-corrected chi connectivity index (χ2v) is 4.94. The van der Waals surface area contributed by atoms with Crippen LogP contribution in [0.2, 0.25) is 0 Å². The number of rotatable bonds is 4. The summed E-state index contributed by atoms with van der Waals surface area (Å²) in [6.45, 7) is 1.99. The Bertz CT molecular complexity index is 812. The van der Waals surface area contributed by atoms with Crippen LogP contribution in [0, 0.1) is 6.92 Å². The molecule has 4 heteroatoms. The van der Waals surface area contributed by atoms with E-state index in [9.17, 15) is 4.79 Å². The SMILES string of the molecule is COC(=O)c1cc(COc2cccc3ccccc23)oc1C. The van der Waals surface area contributed by atoms with E-state index in [0.717, 1.165) is 16.5 Å².